The zero-order valence-electron chi connectivity index (χ0n) is 26.0. The van der Waals surface area contributed by atoms with Gasteiger partial charge in [-0.3, -0.25) is 4.79 Å². The van der Waals surface area contributed by atoms with E-state index in [1.165, 1.54) is 24.3 Å². The van der Waals surface area contributed by atoms with Crippen LogP contribution in [-0.2, 0) is 21.2 Å². The fourth-order valence-electron chi connectivity index (χ4n) is 5.95. The zero-order chi connectivity index (χ0) is 33.6. The Kier molecular flexibility index (Phi) is 11.5. The number of amides is 3. The summed E-state index contributed by atoms with van der Waals surface area (Å²) in [5, 5.41) is 6.53. The molecule has 3 amide bonds. The molecule has 9 nitrogen and oxygen atoms in total. The quantitative estimate of drug-likeness (QED) is 0.170. The van der Waals surface area contributed by atoms with Gasteiger partial charge in [-0.15, -0.1) is 0 Å². The largest absolute Gasteiger partial charge is 0.493 e. The number of fused-ring (bicyclic) bond motifs is 1. The highest BCUT2D eigenvalue weighted by Gasteiger charge is 2.50. The van der Waals surface area contributed by atoms with Gasteiger partial charge >= 0.3 is 6.03 Å². The van der Waals surface area contributed by atoms with Crippen molar-refractivity contribution in [3.63, 3.8) is 0 Å². The molecule has 254 valence electrons. The third-order valence-electron chi connectivity index (χ3n) is 8.63. The summed E-state index contributed by atoms with van der Waals surface area (Å²) in [6, 6.07) is 10.9. The van der Waals surface area contributed by atoms with Crippen LogP contribution in [0.3, 0.4) is 0 Å². The van der Waals surface area contributed by atoms with Crippen molar-refractivity contribution in [2.45, 2.75) is 71.9 Å². The maximum Gasteiger partial charge on any atom is 0.315 e. The standard InChI is InChI=1S/C33H39ClF2N4O5S2/c1-40(30(41)10-5-4-9-28-31-26(21-46-28)38-32(42)39-31)17-6-18-45-27-8-3-2-7-22(27)20-37-29-19-24(35)15-16-33(29,36)47(43,44)25-13-11-23(34)12-14-25/h2-3,7-8,11-16,19,26,28-29,31,37H,4-6,9-10,17-18,20-21H2,1H3,(H2,38,39,42). The molecule has 5 rings (SSSR count). The van der Waals surface area contributed by atoms with Gasteiger partial charge in [0, 0.05) is 48.1 Å². The molecule has 2 heterocycles. The molecule has 2 fully saturated rings. The minimum absolute atomic E-state index is 0.00229. The molecule has 3 N–H and O–H groups in total. The minimum Gasteiger partial charge on any atom is -0.493 e. The maximum atomic E-state index is 16.3. The Morgan fingerprint density at radius 3 is 2.70 bits per heavy atom. The Labute approximate surface area is 283 Å². The molecule has 47 heavy (non-hydrogen) atoms. The number of thioether (sulfide) groups is 1. The number of nitrogens with one attached hydrogen (secondary N) is 3. The van der Waals surface area contributed by atoms with Gasteiger partial charge in [0.05, 0.1) is 29.6 Å². The molecule has 0 bridgehead atoms. The second kappa shape index (κ2) is 15.4. The van der Waals surface area contributed by atoms with E-state index >= 15 is 4.39 Å². The molecule has 0 aromatic heterocycles. The number of rotatable bonds is 15. The second-order valence-electron chi connectivity index (χ2n) is 11.9. The number of allylic oxidation sites excluding steroid dienone is 2. The van der Waals surface area contributed by atoms with Crippen molar-refractivity contribution < 1.29 is 31.5 Å². The minimum atomic E-state index is -4.58. The summed E-state index contributed by atoms with van der Waals surface area (Å²) in [5.41, 5.74) is 0.631. The molecule has 2 aromatic carbocycles. The number of carbonyl (C=O) groups is 2. The number of nitrogens with zero attached hydrogens (tertiary/aromatic N) is 1. The fraction of sp³-hybridized carbons (Fsp3) is 0.455. The SMILES string of the molecule is CN(CCCOc1ccccc1CNC1C=C(F)C=CC1(F)S(=O)(=O)c1ccc(Cl)cc1)C(=O)CCCCC1SCC2NC(=O)NC21. The summed E-state index contributed by atoms with van der Waals surface area (Å²) in [7, 11) is -2.81. The molecule has 5 unspecified atom stereocenters. The third-order valence-corrected chi connectivity index (χ3v) is 12.5. The molecule has 0 radical (unpaired) electrons. The van der Waals surface area contributed by atoms with Crippen LogP contribution >= 0.6 is 23.4 Å². The Hall–Kier alpha value is -3.13. The molecule has 5 atom stereocenters. The number of benzene rings is 2. The van der Waals surface area contributed by atoms with Crippen LogP contribution in [0.2, 0.25) is 5.02 Å². The first kappa shape index (κ1) is 35.2. The predicted molar refractivity (Wildman–Crippen MR) is 180 cm³/mol. The lowest BCUT2D eigenvalue weighted by molar-refractivity contribution is -0.130. The number of urea groups is 1. The fourth-order valence-corrected chi connectivity index (χ4v) is 9.21. The van der Waals surface area contributed by atoms with Gasteiger partial charge in [-0.1, -0.05) is 36.2 Å². The van der Waals surface area contributed by atoms with Crippen molar-refractivity contribution in [3.8, 4) is 5.75 Å². The first-order chi connectivity index (χ1) is 22.5. The highest BCUT2D eigenvalue weighted by atomic mass is 35.5. The van der Waals surface area contributed by atoms with Crippen molar-refractivity contribution in [1.29, 1.82) is 0 Å². The van der Waals surface area contributed by atoms with Crippen LogP contribution in [0.5, 0.6) is 5.75 Å². The van der Waals surface area contributed by atoms with Crippen LogP contribution in [0.25, 0.3) is 0 Å². The highest BCUT2D eigenvalue weighted by molar-refractivity contribution is 8.00. The lowest BCUT2D eigenvalue weighted by Crippen LogP contribution is -2.51. The molecule has 2 aliphatic heterocycles. The smallest absolute Gasteiger partial charge is 0.315 e. The number of carbonyl (C=O) groups excluding carboxylic acids is 2. The molecule has 14 heteroatoms. The van der Waals surface area contributed by atoms with Gasteiger partial charge in [0.1, 0.15) is 11.6 Å². The lowest BCUT2D eigenvalue weighted by atomic mass is 10.0. The van der Waals surface area contributed by atoms with Gasteiger partial charge in [-0.2, -0.15) is 11.8 Å². The lowest BCUT2D eigenvalue weighted by Gasteiger charge is -2.32. The molecule has 2 aromatic rings. The van der Waals surface area contributed by atoms with Crippen molar-refractivity contribution in [3.05, 3.63) is 83.2 Å². The number of ether oxygens (including phenoxy) is 1. The van der Waals surface area contributed by atoms with Crippen LogP contribution in [-0.4, -0.2) is 79.6 Å². The summed E-state index contributed by atoms with van der Waals surface area (Å²) in [6.45, 7) is 0.821. The third kappa shape index (κ3) is 8.30. The summed E-state index contributed by atoms with van der Waals surface area (Å²) in [4.78, 5) is 25.6. The Balaban J connectivity index is 1.07. The van der Waals surface area contributed by atoms with E-state index in [0.29, 0.717) is 47.6 Å². The van der Waals surface area contributed by atoms with Gasteiger partial charge in [0.25, 0.3) is 5.00 Å². The Morgan fingerprint density at radius 2 is 1.91 bits per heavy atom. The molecule has 0 spiro atoms. The number of hydrogen-bond acceptors (Lipinski definition) is 7. The topological polar surface area (TPSA) is 117 Å². The van der Waals surface area contributed by atoms with Crippen LogP contribution in [0, 0.1) is 0 Å². The highest BCUT2D eigenvalue weighted by Crippen LogP contribution is 2.37. The van der Waals surface area contributed by atoms with Gasteiger partial charge in [0.2, 0.25) is 15.7 Å². The number of alkyl halides is 1. The van der Waals surface area contributed by atoms with Crippen LogP contribution in [0.4, 0.5) is 13.6 Å². The molecular formula is C33H39ClF2N4O5S2. The van der Waals surface area contributed by atoms with Gasteiger partial charge < -0.3 is 25.6 Å². The van der Waals surface area contributed by atoms with E-state index in [0.717, 1.165) is 43.2 Å². The molecule has 1 aliphatic carbocycles. The monoisotopic (exact) mass is 708 g/mol. The number of hydrogen-bond donors (Lipinski definition) is 3. The van der Waals surface area contributed by atoms with E-state index < -0.39 is 26.7 Å². The average Bonchev–Trinajstić information content (AvgIpc) is 3.61. The van der Waals surface area contributed by atoms with Crippen LogP contribution < -0.4 is 20.7 Å². The van der Waals surface area contributed by atoms with Crippen molar-refractivity contribution in [2.24, 2.45) is 0 Å². The van der Waals surface area contributed by atoms with E-state index in [4.69, 9.17) is 16.3 Å². The van der Waals surface area contributed by atoms with Crippen molar-refractivity contribution in [2.75, 3.05) is 26.0 Å². The number of sulfone groups is 1. The van der Waals surface area contributed by atoms with E-state index in [2.05, 4.69) is 16.0 Å². The van der Waals surface area contributed by atoms with E-state index in [9.17, 15) is 22.4 Å². The molecular weight excluding hydrogens is 670 g/mol. The second-order valence-corrected chi connectivity index (χ2v) is 15.7. The first-order valence-electron chi connectivity index (χ1n) is 15.6. The summed E-state index contributed by atoms with van der Waals surface area (Å²) in [6.07, 6.45) is 6.14. The molecule has 3 aliphatic rings. The zero-order valence-corrected chi connectivity index (χ0v) is 28.4. The Morgan fingerprint density at radius 1 is 1.15 bits per heavy atom. The number of unbranched alkanes of at least 4 members (excludes halogenated alkanes) is 1. The van der Waals surface area contributed by atoms with Crippen LogP contribution in [0.1, 0.15) is 37.7 Å². The van der Waals surface area contributed by atoms with Crippen molar-refractivity contribution in [1.82, 2.24) is 20.9 Å². The first-order valence-corrected chi connectivity index (χ1v) is 18.5. The summed E-state index contributed by atoms with van der Waals surface area (Å²) in [5.74, 6) is 0.734. The normalized spacial score (nSPS) is 25.1. The van der Waals surface area contributed by atoms with Gasteiger partial charge in [-0.05, 0) is 67.8 Å². The van der Waals surface area contributed by atoms with Gasteiger partial charge in [-0.25, -0.2) is 22.0 Å². The predicted octanol–water partition coefficient (Wildman–Crippen LogP) is 5.31. The van der Waals surface area contributed by atoms with Crippen LogP contribution in [0.15, 0.2) is 77.5 Å². The van der Waals surface area contributed by atoms with Crippen molar-refractivity contribution >= 4 is 45.1 Å². The van der Waals surface area contributed by atoms with E-state index in [-0.39, 0.29) is 35.5 Å². The summed E-state index contributed by atoms with van der Waals surface area (Å²) < 4.78 is 63.2. The van der Waals surface area contributed by atoms with Gasteiger partial charge in [0.15, 0.2) is 0 Å². The maximum absolute atomic E-state index is 16.3. The number of halogens is 3. The number of para-hydroxylation sites is 1. The van der Waals surface area contributed by atoms with E-state index in [1.54, 1.807) is 36.2 Å². The average molecular weight is 709 g/mol. The molecule has 2 saturated heterocycles. The summed E-state index contributed by atoms with van der Waals surface area (Å²) >= 11 is 7.75. The Bertz CT molecular complexity index is 1610. The van der Waals surface area contributed by atoms with E-state index in [1.807, 2.05) is 11.8 Å². The molecule has 0 saturated carbocycles.